The third kappa shape index (κ3) is 28.3. The van der Waals surface area contributed by atoms with E-state index in [2.05, 4.69) is 58.1 Å². The van der Waals surface area contributed by atoms with Crippen LogP contribution in [0.5, 0.6) is 0 Å². The average Bonchev–Trinajstić information content (AvgIpc) is 3.92. The largest absolute Gasteiger partial charge is 0.472 e. The lowest BCUT2D eigenvalue weighted by molar-refractivity contribution is -0.870. The molecule has 1 N–H and O–H groups in total. The Labute approximate surface area is 376 Å². The fourth-order valence-electron chi connectivity index (χ4n) is 7.10. The van der Waals surface area contributed by atoms with Crippen molar-refractivity contribution in [3.63, 3.8) is 0 Å². The first-order valence-electron chi connectivity index (χ1n) is 24.2. The van der Waals surface area contributed by atoms with Gasteiger partial charge >= 0.3 is 19.8 Å². The molecule has 0 saturated carbocycles. The molecule has 2 rings (SSSR count). The molecule has 0 bridgehead atoms. The topological polar surface area (TPSA) is 134 Å². The van der Waals surface area contributed by atoms with Crippen LogP contribution >= 0.6 is 7.82 Å². The van der Waals surface area contributed by atoms with Crippen molar-refractivity contribution >= 4 is 19.8 Å². The highest BCUT2D eigenvalue weighted by Gasteiger charge is 2.36. The number of hydrogen-bond donors (Lipinski definition) is 1. The number of epoxide rings is 1. The lowest BCUT2D eigenvalue weighted by atomic mass is 10.0. The molecule has 1 aromatic rings. The number of furan rings is 1. The van der Waals surface area contributed by atoms with Gasteiger partial charge in [0.1, 0.15) is 31.3 Å². The van der Waals surface area contributed by atoms with Gasteiger partial charge in [-0.1, -0.05) is 121 Å². The summed E-state index contributed by atoms with van der Waals surface area (Å²) < 4.78 is 46.4. The number of carbonyl (C=O) groups excluding carboxylic acids is 2. The van der Waals surface area contributed by atoms with Crippen LogP contribution in [-0.2, 0) is 50.3 Å². The Morgan fingerprint density at radius 2 is 1.26 bits per heavy atom. The number of hydrogen-bond acceptors (Lipinski definition) is 9. The van der Waals surface area contributed by atoms with Gasteiger partial charge in [-0.25, -0.2) is 4.57 Å². The minimum atomic E-state index is -4.41. The molecule has 1 saturated heterocycles. The Morgan fingerprint density at radius 1 is 0.694 bits per heavy atom. The molecule has 1 aliphatic heterocycles. The molecular weight excluding hydrogens is 806 g/mol. The number of rotatable bonds is 39. The van der Waals surface area contributed by atoms with Crippen LogP contribution in [0.1, 0.15) is 178 Å². The van der Waals surface area contributed by atoms with Gasteiger partial charge in [-0.15, -0.1) is 0 Å². The zero-order valence-electron chi connectivity index (χ0n) is 40.0. The summed E-state index contributed by atoms with van der Waals surface area (Å²) in [5, 5.41) is 0. The molecule has 0 aromatic carbocycles. The van der Waals surface area contributed by atoms with Crippen LogP contribution < -0.4 is 0 Å². The van der Waals surface area contributed by atoms with Gasteiger partial charge in [0.15, 0.2) is 6.10 Å². The van der Waals surface area contributed by atoms with E-state index in [0.717, 1.165) is 63.5 Å². The average molecular weight is 893 g/mol. The quantitative estimate of drug-likeness (QED) is 0.0170. The number of phosphoric ester groups is 1. The minimum absolute atomic E-state index is 0.0121. The molecule has 0 amide bonds. The van der Waals surface area contributed by atoms with Crippen LogP contribution in [-0.4, -0.2) is 87.1 Å². The smallest absolute Gasteiger partial charge is 0.466 e. The van der Waals surface area contributed by atoms with Crippen molar-refractivity contribution < 1.29 is 51.2 Å². The van der Waals surface area contributed by atoms with Crippen molar-refractivity contribution in [2.24, 2.45) is 0 Å². The second-order valence-electron chi connectivity index (χ2n) is 18.1. The third-order valence-electron chi connectivity index (χ3n) is 11.3. The Bertz CT molecular complexity index is 1490. The minimum Gasteiger partial charge on any atom is -0.466 e. The van der Waals surface area contributed by atoms with E-state index in [0.29, 0.717) is 42.5 Å². The van der Waals surface area contributed by atoms with Crippen LogP contribution in [0.3, 0.4) is 0 Å². The van der Waals surface area contributed by atoms with Gasteiger partial charge in [-0.2, -0.15) is 0 Å². The van der Waals surface area contributed by atoms with Crippen LogP contribution in [0.2, 0.25) is 0 Å². The zero-order chi connectivity index (χ0) is 45.5. The van der Waals surface area contributed by atoms with E-state index >= 15 is 0 Å². The molecule has 11 nitrogen and oxygen atoms in total. The van der Waals surface area contributed by atoms with E-state index in [-0.39, 0.29) is 26.1 Å². The Kier molecular flexibility index (Phi) is 29.6. The molecule has 0 aliphatic carbocycles. The molecule has 0 spiro atoms. The highest BCUT2D eigenvalue weighted by molar-refractivity contribution is 7.47. The SMILES string of the molecule is CCCCCc1oc(CCCCCCCCCCC(=O)OC[C@H](COP(=O)(O)OCC[N+](C)(C)C)OC(=O)CCC/C=C\C/C=C\C/C=C\CC2OC2CCCCC)c(C)c1C. The maximum absolute atomic E-state index is 12.7. The number of allylic oxidation sites excluding steroid dienone is 5. The highest BCUT2D eigenvalue weighted by atomic mass is 31.2. The Balaban J connectivity index is 1.63. The van der Waals surface area contributed by atoms with Crippen LogP contribution in [0.25, 0.3) is 0 Å². The van der Waals surface area contributed by atoms with E-state index in [1.807, 2.05) is 27.2 Å². The first-order valence-corrected chi connectivity index (χ1v) is 25.7. The van der Waals surface area contributed by atoms with Gasteiger partial charge in [-0.3, -0.25) is 18.6 Å². The summed E-state index contributed by atoms with van der Waals surface area (Å²) >= 11 is 0. The van der Waals surface area contributed by atoms with E-state index in [1.54, 1.807) is 0 Å². The summed E-state index contributed by atoms with van der Waals surface area (Å²) in [6, 6.07) is 0. The number of nitrogens with zero attached hydrogens (tertiary/aromatic N) is 1. The predicted molar refractivity (Wildman–Crippen MR) is 250 cm³/mol. The number of carbonyl (C=O) groups is 2. The van der Waals surface area contributed by atoms with Crippen LogP contribution in [0, 0.1) is 13.8 Å². The molecular formula is C50H87NO10P+. The lowest BCUT2D eigenvalue weighted by Crippen LogP contribution is -2.37. The van der Waals surface area contributed by atoms with E-state index in [4.69, 9.17) is 27.7 Å². The summed E-state index contributed by atoms with van der Waals surface area (Å²) in [5.41, 5.74) is 2.66. The predicted octanol–water partition coefficient (Wildman–Crippen LogP) is 12.3. The summed E-state index contributed by atoms with van der Waals surface area (Å²) in [7, 11) is 1.41. The van der Waals surface area contributed by atoms with Crippen molar-refractivity contribution in [1.82, 2.24) is 0 Å². The number of esters is 2. The summed E-state index contributed by atoms with van der Waals surface area (Å²) in [6.07, 6.45) is 36.2. The fraction of sp³-hybridized carbons (Fsp3) is 0.760. The summed E-state index contributed by atoms with van der Waals surface area (Å²) in [5.74, 6) is 1.45. The molecule has 1 aromatic heterocycles. The lowest BCUT2D eigenvalue weighted by Gasteiger charge is -2.24. The first-order chi connectivity index (χ1) is 29.7. The number of aryl methyl sites for hydroxylation is 2. The second kappa shape index (κ2) is 33.0. The Hall–Kier alpha value is -2.53. The first kappa shape index (κ1) is 55.6. The van der Waals surface area contributed by atoms with Crippen molar-refractivity contribution in [3.05, 3.63) is 59.1 Å². The normalized spacial score (nSPS) is 17.0. The van der Waals surface area contributed by atoms with E-state index in [9.17, 15) is 19.0 Å². The highest BCUT2D eigenvalue weighted by Crippen LogP contribution is 2.43. The number of phosphoric acid groups is 1. The van der Waals surface area contributed by atoms with Gasteiger partial charge < -0.3 is 28.0 Å². The Morgan fingerprint density at radius 3 is 1.90 bits per heavy atom. The van der Waals surface area contributed by atoms with Crippen LogP contribution in [0.15, 0.2) is 40.9 Å². The standard InChI is InChI=1S/C50H86NO10P/c1-8-10-26-32-45-42(3)43(4)46(60-45)33-28-22-18-16-17-20-24-30-36-49(52)56-40-44(41-58-62(54,55)57-39-38-51(5,6)7)59-50(53)37-31-25-21-15-13-12-14-19-23-29-35-48-47(61-48)34-27-11-9-2/h12,14-15,21,23,29,44,47-48H,8-11,13,16-20,22,24-28,30-41H2,1-7H3/p+1/b14-12-,21-15-,29-23-/t44-,47?,48?/m1/s1. The van der Waals surface area contributed by atoms with Crippen molar-refractivity contribution in [2.45, 2.75) is 200 Å². The molecule has 0 radical (unpaired) electrons. The van der Waals surface area contributed by atoms with Crippen molar-refractivity contribution in [2.75, 3.05) is 47.5 Å². The van der Waals surface area contributed by atoms with Crippen molar-refractivity contribution in [3.8, 4) is 0 Å². The van der Waals surface area contributed by atoms with E-state index < -0.39 is 32.5 Å². The maximum atomic E-state index is 12.7. The number of quaternary nitrogens is 1. The molecule has 62 heavy (non-hydrogen) atoms. The molecule has 2 heterocycles. The molecule has 356 valence electrons. The van der Waals surface area contributed by atoms with Gasteiger partial charge in [0.05, 0.1) is 40.0 Å². The molecule has 3 unspecified atom stereocenters. The monoisotopic (exact) mass is 893 g/mol. The summed E-state index contributed by atoms with van der Waals surface area (Å²) in [6.45, 7) is 8.63. The number of ether oxygens (including phenoxy) is 3. The fourth-order valence-corrected chi connectivity index (χ4v) is 7.84. The molecule has 1 aliphatic rings. The molecule has 4 atom stereocenters. The van der Waals surface area contributed by atoms with Crippen LogP contribution in [0.4, 0.5) is 0 Å². The van der Waals surface area contributed by atoms with Gasteiger partial charge in [0.2, 0.25) is 0 Å². The summed E-state index contributed by atoms with van der Waals surface area (Å²) in [4.78, 5) is 35.6. The van der Waals surface area contributed by atoms with Gasteiger partial charge in [-0.05, 0) is 82.8 Å². The zero-order valence-corrected chi connectivity index (χ0v) is 40.9. The van der Waals surface area contributed by atoms with E-state index in [1.165, 1.54) is 81.1 Å². The van der Waals surface area contributed by atoms with Gasteiger partial charge in [0, 0.05) is 25.7 Å². The molecule has 1 fully saturated rings. The van der Waals surface area contributed by atoms with Crippen molar-refractivity contribution in [1.29, 1.82) is 0 Å². The maximum Gasteiger partial charge on any atom is 0.472 e. The third-order valence-corrected chi connectivity index (χ3v) is 12.3. The van der Waals surface area contributed by atoms with Gasteiger partial charge in [0.25, 0.3) is 0 Å². The number of unbranched alkanes of at least 4 members (excludes halogenated alkanes) is 12. The number of likely N-dealkylation sites (N-methyl/N-ethyl adjacent to an activating group) is 1. The second-order valence-corrected chi connectivity index (χ2v) is 19.6. The molecule has 12 heteroatoms.